The second-order valence-electron chi connectivity index (χ2n) is 8.38. The van der Waals surface area contributed by atoms with E-state index < -0.39 is 23.0 Å². The molecular weight excluding hydrogens is 399 g/mol. The van der Waals surface area contributed by atoms with Crippen molar-refractivity contribution in [3.05, 3.63) is 41.9 Å². The molecule has 1 saturated heterocycles. The van der Waals surface area contributed by atoms with Gasteiger partial charge >= 0.3 is 6.18 Å². The van der Waals surface area contributed by atoms with E-state index in [9.17, 15) is 18.0 Å². The fourth-order valence-electron chi connectivity index (χ4n) is 3.52. The molecule has 1 fully saturated rings. The van der Waals surface area contributed by atoms with Crippen LogP contribution in [0.3, 0.4) is 0 Å². The molecule has 7 nitrogen and oxygen atoms in total. The van der Waals surface area contributed by atoms with Gasteiger partial charge in [0, 0.05) is 44.5 Å². The molecule has 0 aromatic carbocycles. The molecule has 3 rings (SSSR count). The topological polar surface area (TPSA) is 72.3 Å². The molecule has 3 heterocycles. The van der Waals surface area contributed by atoms with Gasteiger partial charge < -0.3 is 15.0 Å². The number of likely N-dealkylation sites (N-methyl/N-ethyl adjacent to an activating group) is 1. The Balaban J connectivity index is 1.67. The second kappa shape index (κ2) is 8.25. The lowest BCUT2D eigenvalue weighted by molar-refractivity contribution is -0.139. The minimum atomic E-state index is -4.58. The molecule has 0 bridgehead atoms. The smallest absolute Gasteiger partial charge is 0.421 e. The zero-order valence-electron chi connectivity index (χ0n) is 17.4. The fraction of sp³-hybridized carbons (Fsp3) is 0.550. The molecule has 0 aliphatic carbocycles. The quantitative estimate of drug-likeness (QED) is 0.770. The van der Waals surface area contributed by atoms with Crippen LogP contribution in [0.2, 0.25) is 0 Å². The Bertz CT molecular complexity index is 897. The highest BCUT2D eigenvalue weighted by Crippen LogP contribution is 2.35. The molecule has 0 spiro atoms. The second-order valence-corrected chi connectivity index (χ2v) is 8.38. The Hall–Kier alpha value is -2.62. The zero-order chi connectivity index (χ0) is 22.1. The maximum Gasteiger partial charge on any atom is 0.421 e. The molecule has 0 radical (unpaired) electrons. The van der Waals surface area contributed by atoms with E-state index in [4.69, 9.17) is 4.74 Å². The Morgan fingerprint density at radius 2 is 2.03 bits per heavy atom. The summed E-state index contributed by atoms with van der Waals surface area (Å²) in [6.07, 6.45) is 0.361. The number of ether oxygens (including phenoxy) is 1. The maximum atomic E-state index is 13.1. The molecule has 2 aromatic rings. The molecule has 1 aliphatic rings. The monoisotopic (exact) mass is 425 g/mol. The van der Waals surface area contributed by atoms with E-state index in [1.165, 1.54) is 12.3 Å². The Kier molecular flexibility index (Phi) is 6.07. The van der Waals surface area contributed by atoms with E-state index in [2.05, 4.69) is 20.3 Å². The van der Waals surface area contributed by atoms with Gasteiger partial charge in [0.05, 0.1) is 11.6 Å². The summed E-state index contributed by atoms with van der Waals surface area (Å²) in [5.41, 5.74) is -0.985. The lowest BCUT2D eigenvalue weighted by atomic mass is 9.91. The van der Waals surface area contributed by atoms with Gasteiger partial charge in [0.15, 0.2) is 0 Å². The number of alkyl halides is 3. The van der Waals surface area contributed by atoms with E-state index >= 15 is 0 Å². The Morgan fingerprint density at radius 3 is 2.67 bits per heavy atom. The molecule has 30 heavy (non-hydrogen) atoms. The third kappa shape index (κ3) is 4.92. The number of nitrogens with zero attached hydrogens (tertiary/aromatic N) is 4. The van der Waals surface area contributed by atoms with Crippen molar-refractivity contribution in [2.75, 3.05) is 26.7 Å². The fourth-order valence-corrected chi connectivity index (χ4v) is 3.52. The Morgan fingerprint density at radius 1 is 1.30 bits per heavy atom. The zero-order valence-corrected chi connectivity index (χ0v) is 17.4. The number of carbonyl (C=O) groups excluding carboxylic acids is 1. The average Bonchev–Trinajstić information content (AvgIpc) is 3.24. The van der Waals surface area contributed by atoms with Crippen molar-refractivity contribution in [1.82, 2.24) is 25.0 Å². The summed E-state index contributed by atoms with van der Waals surface area (Å²) < 4.78 is 46.4. The van der Waals surface area contributed by atoms with Crippen LogP contribution in [0.25, 0.3) is 0 Å². The first-order chi connectivity index (χ1) is 14.0. The van der Waals surface area contributed by atoms with Crippen molar-refractivity contribution in [1.29, 1.82) is 0 Å². The molecule has 0 unspecified atom stereocenters. The van der Waals surface area contributed by atoms with E-state index in [1.54, 1.807) is 24.7 Å². The number of amides is 1. The molecular formula is C20H26F3N5O2. The molecule has 1 aliphatic heterocycles. The third-order valence-corrected chi connectivity index (χ3v) is 5.23. The summed E-state index contributed by atoms with van der Waals surface area (Å²) in [5.74, 6) is -0.738. The number of carbonyl (C=O) groups is 1. The van der Waals surface area contributed by atoms with Crippen LogP contribution in [0.4, 0.5) is 13.2 Å². The first-order valence-corrected chi connectivity index (χ1v) is 9.60. The molecule has 10 heteroatoms. The standard InChI is InChI=1S/C20H26F3N5O2/c1-19(2,12-30-17-15(20(21,22)23)6-5-7-24-17)18(29)26-16-11-27(3)10-14(16)13-8-25-28(4)9-13/h5-9,14,16H,10-12H2,1-4H3,(H,26,29)/t14-,16+/m0/s1. The third-order valence-electron chi connectivity index (χ3n) is 5.23. The van der Waals surface area contributed by atoms with Gasteiger partial charge in [-0.3, -0.25) is 9.48 Å². The number of nitrogens with one attached hydrogen (secondary N) is 1. The number of rotatable bonds is 6. The van der Waals surface area contributed by atoms with Crippen molar-refractivity contribution in [2.45, 2.75) is 32.0 Å². The van der Waals surface area contributed by atoms with E-state index in [1.807, 2.05) is 20.3 Å². The van der Waals surface area contributed by atoms with Gasteiger partial charge in [-0.1, -0.05) is 0 Å². The predicted molar refractivity (Wildman–Crippen MR) is 104 cm³/mol. The van der Waals surface area contributed by atoms with Crippen LogP contribution in [-0.4, -0.2) is 58.4 Å². The highest BCUT2D eigenvalue weighted by molar-refractivity contribution is 5.82. The summed E-state index contributed by atoms with van der Waals surface area (Å²) in [6.45, 7) is 4.47. The number of halogens is 3. The largest absolute Gasteiger partial charge is 0.476 e. The predicted octanol–water partition coefficient (Wildman–Crippen LogP) is 2.45. The van der Waals surface area contributed by atoms with Crippen LogP contribution >= 0.6 is 0 Å². The van der Waals surface area contributed by atoms with E-state index in [0.29, 0.717) is 6.54 Å². The van der Waals surface area contributed by atoms with Gasteiger partial charge in [0.25, 0.3) is 0 Å². The molecule has 1 amide bonds. The normalized spacial score (nSPS) is 20.4. The van der Waals surface area contributed by atoms with E-state index in [-0.39, 0.29) is 24.5 Å². The molecule has 2 aromatic heterocycles. The summed E-state index contributed by atoms with van der Waals surface area (Å²) >= 11 is 0. The minimum Gasteiger partial charge on any atom is -0.476 e. The van der Waals surface area contributed by atoms with Crippen molar-refractivity contribution in [2.24, 2.45) is 12.5 Å². The highest BCUT2D eigenvalue weighted by atomic mass is 19.4. The summed E-state index contributed by atoms with van der Waals surface area (Å²) in [5, 5.41) is 7.25. The van der Waals surface area contributed by atoms with Crippen molar-refractivity contribution in [3.8, 4) is 5.88 Å². The number of aryl methyl sites for hydroxylation is 1. The van der Waals surface area contributed by atoms with Crippen LogP contribution in [-0.2, 0) is 18.0 Å². The minimum absolute atomic E-state index is 0.0805. The molecule has 0 saturated carbocycles. The highest BCUT2D eigenvalue weighted by Gasteiger charge is 2.39. The summed E-state index contributed by atoms with van der Waals surface area (Å²) in [4.78, 5) is 18.7. The Labute approximate surface area is 173 Å². The lowest BCUT2D eigenvalue weighted by Gasteiger charge is -2.28. The maximum absolute atomic E-state index is 13.1. The van der Waals surface area contributed by atoms with Crippen LogP contribution < -0.4 is 10.1 Å². The van der Waals surface area contributed by atoms with Crippen LogP contribution in [0.1, 0.15) is 30.9 Å². The van der Waals surface area contributed by atoms with Crippen molar-refractivity contribution >= 4 is 5.91 Å². The van der Waals surface area contributed by atoms with Crippen LogP contribution in [0.15, 0.2) is 30.7 Å². The lowest BCUT2D eigenvalue weighted by Crippen LogP contribution is -2.48. The van der Waals surface area contributed by atoms with Gasteiger partial charge in [-0.2, -0.15) is 18.3 Å². The molecule has 2 atom stereocenters. The van der Waals surface area contributed by atoms with Crippen molar-refractivity contribution < 1.29 is 22.7 Å². The first kappa shape index (κ1) is 22.1. The summed E-state index contributed by atoms with van der Waals surface area (Å²) in [6, 6.07) is 1.97. The van der Waals surface area contributed by atoms with Crippen molar-refractivity contribution in [3.63, 3.8) is 0 Å². The number of aromatic nitrogens is 3. The van der Waals surface area contributed by atoms with Gasteiger partial charge in [-0.05, 0) is 38.6 Å². The van der Waals surface area contributed by atoms with Crippen LogP contribution in [0, 0.1) is 5.41 Å². The van der Waals surface area contributed by atoms with Gasteiger partial charge in [0.2, 0.25) is 11.8 Å². The van der Waals surface area contributed by atoms with Gasteiger partial charge in [-0.25, -0.2) is 4.98 Å². The first-order valence-electron chi connectivity index (χ1n) is 9.60. The number of hydrogen-bond acceptors (Lipinski definition) is 5. The van der Waals surface area contributed by atoms with Gasteiger partial charge in [0.1, 0.15) is 12.2 Å². The molecule has 1 N–H and O–H groups in total. The summed E-state index contributed by atoms with van der Waals surface area (Å²) in [7, 11) is 3.81. The average molecular weight is 425 g/mol. The number of pyridine rings is 1. The molecule has 164 valence electrons. The number of hydrogen-bond donors (Lipinski definition) is 1. The SMILES string of the molecule is CN1C[C@@H](NC(=O)C(C)(C)COc2ncccc2C(F)(F)F)[C@H](c2cnn(C)c2)C1. The number of likely N-dealkylation sites (tertiary alicyclic amines) is 1. The van der Waals surface area contributed by atoms with Crippen LogP contribution in [0.5, 0.6) is 5.88 Å². The van der Waals surface area contributed by atoms with E-state index in [0.717, 1.165) is 18.2 Å². The van der Waals surface area contributed by atoms with Gasteiger partial charge in [-0.15, -0.1) is 0 Å².